The van der Waals surface area contributed by atoms with Crippen LogP contribution < -0.4 is 5.32 Å². The highest BCUT2D eigenvalue weighted by Gasteiger charge is 2.42. The minimum atomic E-state index is -4.41. The van der Waals surface area contributed by atoms with E-state index < -0.39 is 29.6 Å². The summed E-state index contributed by atoms with van der Waals surface area (Å²) >= 11 is 0. The Bertz CT molecular complexity index is 480. The van der Waals surface area contributed by atoms with Crippen molar-refractivity contribution < 1.29 is 22.7 Å². The van der Waals surface area contributed by atoms with Gasteiger partial charge in [-0.05, 0) is 17.9 Å². The largest absolute Gasteiger partial charge is 0.460 e. The van der Waals surface area contributed by atoms with Crippen molar-refractivity contribution in [3.8, 4) is 0 Å². The molecule has 0 heterocycles. The first-order valence-corrected chi connectivity index (χ1v) is 7.05. The normalized spacial score (nSPS) is 15.2. The molecule has 0 saturated heterocycles. The SMILES string of the molecule is CC(NC(C(=O)OCc1ccccc1)C(C)(C)C)C(F)(F)F. The van der Waals surface area contributed by atoms with Crippen molar-refractivity contribution in [1.82, 2.24) is 5.32 Å². The third-order valence-corrected chi connectivity index (χ3v) is 3.23. The van der Waals surface area contributed by atoms with Gasteiger partial charge in [0.05, 0.1) is 0 Å². The van der Waals surface area contributed by atoms with Gasteiger partial charge in [0, 0.05) is 0 Å². The van der Waals surface area contributed by atoms with Crippen LogP contribution in [0.5, 0.6) is 0 Å². The third kappa shape index (κ3) is 5.67. The Labute approximate surface area is 128 Å². The molecule has 0 bridgehead atoms. The van der Waals surface area contributed by atoms with Gasteiger partial charge in [0.15, 0.2) is 0 Å². The fraction of sp³-hybridized carbons (Fsp3) is 0.562. The molecular weight excluding hydrogens is 295 g/mol. The molecule has 1 aromatic carbocycles. The van der Waals surface area contributed by atoms with Crippen molar-refractivity contribution in [2.75, 3.05) is 0 Å². The van der Waals surface area contributed by atoms with Crippen LogP contribution in [-0.4, -0.2) is 24.2 Å². The first-order valence-electron chi connectivity index (χ1n) is 7.05. The van der Waals surface area contributed by atoms with Crippen molar-refractivity contribution in [3.05, 3.63) is 35.9 Å². The van der Waals surface area contributed by atoms with Crippen molar-refractivity contribution in [1.29, 1.82) is 0 Å². The maximum atomic E-state index is 12.7. The maximum absolute atomic E-state index is 12.7. The van der Waals surface area contributed by atoms with Crippen LogP contribution in [0.1, 0.15) is 33.3 Å². The first-order chi connectivity index (χ1) is 10.0. The predicted molar refractivity (Wildman–Crippen MR) is 78.1 cm³/mol. The minimum Gasteiger partial charge on any atom is -0.460 e. The summed E-state index contributed by atoms with van der Waals surface area (Å²) in [4.78, 5) is 12.2. The Kier molecular flexibility index (Phi) is 6.00. The number of ether oxygens (including phenoxy) is 1. The third-order valence-electron chi connectivity index (χ3n) is 3.23. The molecule has 1 rings (SSSR count). The van der Waals surface area contributed by atoms with E-state index in [0.717, 1.165) is 12.5 Å². The van der Waals surface area contributed by atoms with Crippen LogP contribution in [-0.2, 0) is 16.1 Å². The Balaban J connectivity index is 2.73. The van der Waals surface area contributed by atoms with E-state index in [1.165, 1.54) is 0 Å². The van der Waals surface area contributed by atoms with Crippen LogP contribution in [0.2, 0.25) is 0 Å². The molecule has 124 valence electrons. The van der Waals surface area contributed by atoms with Crippen LogP contribution in [0.3, 0.4) is 0 Å². The van der Waals surface area contributed by atoms with Crippen molar-refractivity contribution in [3.63, 3.8) is 0 Å². The van der Waals surface area contributed by atoms with Crippen LogP contribution in [0.15, 0.2) is 30.3 Å². The zero-order chi connectivity index (χ0) is 17.0. The summed E-state index contributed by atoms with van der Waals surface area (Å²) in [7, 11) is 0. The molecule has 2 atom stereocenters. The lowest BCUT2D eigenvalue weighted by molar-refractivity contribution is -0.164. The van der Waals surface area contributed by atoms with E-state index in [-0.39, 0.29) is 6.61 Å². The fourth-order valence-electron chi connectivity index (χ4n) is 1.83. The summed E-state index contributed by atoms with van der Waals surface area (Å²) in [5.41, 5.74) is 0.0835. The summed E-state index contributed by atoms with van der Waals surface area (Å²) < 4.78 is 43.3. The molecule has 2 unspecified atom stereocenters. The van der Waals surface area contributed by atoms with E-state index in [4.69, 9.17) is 4.74 Å². The van der Waals surface area contributed by atoms with Gasteiger partial charge < -0.3 is 4.74 Å². The molecule has 0 saturated carbocycles. The van der Waals surface area contributed by atoms with Crippen LogP contribution >= 0.6 is 0 Å². The lowest BCUT2D eigenvalue weighted by atomic mass is 9.86. The highest BCUT2D eigenvalue weighted by molar-refractivity contribution is 5.76. The Morgan fingerprint density at radius 3 is 2.18 bits per heavy atom. The second kappa shape index (κ2) is 7.13. The highest BCUT2D eigenvalue weighted by atomic mass is 19.4. The van der Waals surface area contributed by atoms with E-state index in [1.54, 1.807) is 45.0 Å². The van der Waals surface area contributed by atoms with Gasteiger partial charge >= 0.3 is 12.1 Å². The Morgan fingerprint density at radius 2 is 1.73 bits per heavy atom. The molecule has 0 aromatic heterocycles. The number of alkyl halides is 3. The molecule has 0 spiro atoms. The molecule has 0 aliphatic carbocycles. The number of hydrogen-bond acceptors (Lipinski definition) is 3. The average Bonchev–Trinajstić information content (AvgIpc) is 2.40. The molecule has 0 fully saturated rings. The first kappa shape index (κ1) is 18.5. The zero-order valence-electron chi connectivity index (χ0n) is 13.2. The quantitative estimate of drug-likeness (QED) is 0.842. The Hall–Kier alpha value is -1.56. The molecule has 0 aliphatic rings. The van der Waals surface area contributed by atoms with E-state index in [2.05, 4.69) is 5.32 Å². The molecule has 0 amide bonds. The smallest absolute Gasteiger partial charge is 0.403 e. The summed E-state index contributed by atoms with van der Waals surface area (Å²) in [6, 6.07) is 6.16. The van der Waals surface area contributed by atoms with Crippen molar-refractivity contribution in [2.24, 2.45) is 5.41 Å². The Morgan fingerprint density at radius 1 is 1.18 bits per heavy atom. The number of carbonyl (C=O) groups excluding carboxylic acids is 1. The standard InChI is InChI=1S/C16H22F3NO2/c1-11(16(17,18)19)20-13(15(2,3)4)14(21)22-10-12-8-6-5-7-9-12/h5-9,11,13,20H,10H2,1-4H3. The van der Waals surface area contributed by atoms with Gasteiger partial charge in [0.25, 0.3) is 0 Å². The van der Waals surface area contributed by atoms with Crippen molar-refractivity contribution >= 4 is 5.97 Å². The second-order valence-electron chi connectivity index (χ2n) is 6.32. The number of hydrogen-bond donors (Lipinski definition) is 1. The molecule has 3 nitrogen and oxygen atoms in total. The van der Waals surface area contributed by atoms with Gasteiger partial charge in [0.2, 0.25) is 0 Å². The van der Waals surface area contributed by atoms with Gasteiger partial charge in [-0.25, -0.2) is 0 Å². The fourth-order valence-corrected chi connectivity index (χ4v) is 1.83. The molecule has 1 N–H and O–H groups in total. The van der Waals surface area contributed by atoms with Crippen molar-refractivity contribution in [2.45, 2.75) is 52.6 Å². The molecular formula is C16H22F3NO2. The molecule has 0 radical (unpaired) electrons. The summed E-state index contributed by atoms with van der Waals surface area (Å²) in [5.74, 6) is -0.688. The van der Waals surface area contributed by atoms with E-state index >= 15 is 0 Å². The number of benzene rings is 1. The van der Waals surface area contributed by atoms with E-state index in [0.29, 0.717) is 0 Å². The van der Waals surface area contributed by atoms with Gasteiger partial charge in [-0.2, -0.15) is 13.2 Å². The molecule has 22 heavy (non-hydrogen) atoms. The van der Waals surface area contributed by atoms with Gasteiger partial charge in [-0.15, -0.1) is 0 Å². The van der Waals surface area contributed by atoms with E-state index in [9.17, 15) is 18.0 Å². The van der Waals surface area contributed by atoms with Crippen LogP contribution in [0, 0.1) is 5.41 Å². The predicted octanol–water partition coefficient (Wildman–Crippen LogP) is 3.68. The summed E-state index contributed by atoms with van der Waals surface area (Å²) in [6.45, 7) is 6.10. The van der Waals surface area contributed by atoms with Gasteiger partial charge in [0.1, 0.15) is 18.7 Å². The topological polar surface area (TPSA) is 38.3 Å². The van der Waals surface area contributed by atoms with E-state index in [1.807, 2.05) is 6.07 Å². The molecule has 6 heteroatoms. The number of esters is 1. The lowest BCUT2D eigenvalue weighted by Gasteiger charge is -2.32. The second-order valence-corrected chi connectivity index (χ2v) is 6.32. The minimum absolute atomic E-state index is 0.0360. The summed E-state index contributed by atoms with van der Waals surface area (Å²) in [5, 5.41) is 2.33. The lowest BCUT2D eigenvalue weighted by Crippen LogP contribution is -2.54. The molecule has 0 aliphatic heterocycles. The number of nitrogens with one attached hydrogen (secondary N) is 1. The zero-order valence-corrected chi connectivity index (χ0v) is 13.2. The highest BCUT2D eigenvalue weighted by Crippen LogP contribution is 2.25. The van der Waals surface area contributed by atoms with Gasteiger partial charge in [-0.3, -0.25) is 10.1 Å². The average molecular weight is 317 g/mol. The summed E-state index contributed by atoms with van der Waals surface area (Å²) in [6.07, 6.45) is -4.41. The maximum Gasteiger partial charge on any atom is 0.403 e. The van der Waals surface area contributed by atoms with Gasteiger partial charge in [-0.1, -0.05) is 51.1 Å². The number of carbonyl (C=O) groups is 1. The monoisotopic (exact) mass is 317 g/mol. The van der Waals surface area contributed by atoms with Crippen LogP contribution in [0.4, 0.5) is 13.2 Å². The number of halogens is 3. The van der Waals surface area contributed by atoms with Crippen LogP contribution in [0.25, 0.3) is 0 Å². The number of rotatable bonds is 5. The molecule has 1 aromatic rings.